The molecule has 0 aliphatic carbocycles. The van der Waals surface area contributed by atoms with E-state index in [4.69, 9.17) is 10.00 Å². The van der Waals surface area contributed by atoms with E-state index >= 15 is 0 Å². The Balaban J connectivity index is 0.000000165. The van der Waals surface area contributed by atoms with Crippen LogP contribution < -0.4 is 4.90 Å². The zero-order valence-electron chi connectivity index (χ0n) is 17.2. The number of nitrogens with zero attached hydrogens (tertiary/aromatic N) is 3. The van der Waals surface area contributed by atoms with E-state index in [-0.39, 0.29) is 5.69 Å². The molecule has 0 radical (unpaired) electrons. The molecule has 160 valence electrons. The second kappa shape index (κ2) is 9.77. The highest BCUT2D eigenvalue weighted by atomic mass is 79.9. The van der Waals surface area contributed by atoms with Crippen molar-refractivity contribution in [2.45, 2.75) is 0 Å². The lowest BCUT2D eigenvalue weighted by Gasteiger charge is -2.29. The zero-order chi connectivity index (χ0) is 22.5. The number of nitriles is 1. The summed E-state index contributed by atoms with van der Waals surface area (Å²) in [4.78, 5) is 17.5. The molecule has 1 N–H and O–H groups in total. The fourth-order valence-electron chi connectivity index (χ4n) is 3.76. The first-order valence-electron chi connectivity index (χ1n) is 10.1. The SMILES string of the molecule is N#Cc1ccc(Br)c2ccccc12.O=C(O)c1ncc(N2CCOCC2)c2ccccc12. The van der Waals surface area contributed by atoms with Gasteiger partial charge in [0.15, 0.2) is 5.69 Å². The summed E-state index contributed by atoms with van der Waals surface area (Å²) in [7, 11) is 0. The van der Waals surface area contributed by atoms with Crippen LogP contribution >= 0.6 is 15.9 Å². The molecular weight excluding hydrogens is 470 g/mol. The van der Waals surface area contributed by atoms with Gasteiger partial charge in [0.25, 0.3) is 0 Å². The van der Waals surface area contributed by atoms with Crippen molar-refractivity contribution in [2.24, 2.45) is 0 Å². The minimum absolute atomic E-state index is 0.104. The highest BCUT2D eigenvalue weighted by molar-refractivity contribution is 9.10. The molecule has 1 aliphatic heterocycles. The second-order valence-electron chi connectivity index (χ2n) is 7.19. The van der Waals surface area contributed by atoms with Crippen molar-refractivity contribution < 1.29 is 14.6 Å². The molecule has 2 heterocycles. The molecule has 0 amide bonds. The van der Waals surface area contributed by atoms with Gasteiger partial charge >= 0.3 is 5.97 Å². The summed E-state index contributed by atoms with van der Waals surface area (Å²) in [5.41, 5.74) is 1.80. The Morgan fingerprint density at radius 3 is 2.25 bits per heavy atom. The van der Waals surface area contributed by atoms with Gasteiger partial charge in [0.05, 0.1) is 36.7 Å². The number of rotatable bonds is 2. The number of pyridine rings is 1. The van der Waals surface area contributed by atoms with Crippen molar-refractivity contribution in [3.8, 4) is 6.07 Å². The van der Waals surface area contributed by atoms with E-state index in [1.54, 1.807) is 12.3 Å². The van der Waals surface area contributed by atoms with Gasteiger partial charge in [0, 0.05) is 33.7 Å². The number of anilines is 1. The molecule has 1 saturated heterocycles. The lowest BCUT2D eigenvalue weighted by Crippen LogP contribution is -2.36. The van der Waals surface area contributed by atoms with Crippen LogP contribution in [-0.2, 0) is 4.74 Å². The summed E-state index contributed by atoms with van der Waals surface area (Å²) in [6.45, 7) is 2.99. The van der Waals surface area contributed by atoms with Crippen molar-refractivity contribution in [1.82, 2.24) is 4.98 Å². The van der Waals surface area contributed by atoms with E-state index in [9.17, 15) is 9.90 Å². The Kier molecular flexibility index (Phi) is 6.64. The number of ether oxygens (including phenoxy) is 1. The molecule has 1 aliphatic rings. The number of benzene rings is 3. The lowest BCUT2D eigenvalue weighted by atomic mass is 10.1. The largest absolute Gasteiger partial charge is 0.476 e. The number of carboxylic acids is 1. The number of carboxylic acid groups (broad SMARTS) is 1. The molecule has 3 aromatic carbocycles. The van der Waals surface area contributed by atoms with Crippen LogP contribution in [0.2, 0.25) is 0 Å². The van der Waals surface area contributed by atoms with E-state index in [2.05, 4.69) is 31.9 Å². The number of fused-ring (bicyclic) bond motifs is 2. The zero-order valence-corrected chi connectivity index (χ0v) is 18.7. The van der Waals surface area contributed by atoms with E-state index < -0.39 is 5.97 Å². The smallest absolute Gasteiger partial charge is 0.355 e. The quantitative estimate of drug-likeness (QED) is 0.414. The number of halogens is 1. The van der Waals surface area contributed by atoms with Crippen LogP contribution in [0.5, 0.6) is 0 Å². The number of carbonyl (C=O) groups is 1. The molecule has 1 fully saturated rings. The molecule has 7 heteroatoms. The molecule has 0 atom stereocenters. The first-order chi connectivity index (χ1) is 15.6. The summed E-state index contributed by atoms with van der Waals surface area (Å²) >= 11 is 3.45. The molecule has 0 saturated carbocycles. The molecule has 0 unspecified atom stereocenters. The Morgan fingerprint density at radius 1 is 0.969 bits per heavy atom. The number of hydrogen-bond acceptors (Lipinski definition) is 5. The Hall–Kier alpha value is -3.47. The van der Waals surface area contributed by atoms with Gasteiger partial charge < -0.3 is 14.7 Å². The third-order valence-corrected chi connectivity index (χ3v) is 6.01. The van der Waals surface area contributed by atoms with Gasteiger partial charge in [-0.2, -0.15) is 5.26 Å². The van der Waals surface area contributed by atoms with E-state index in [1.807, 2.05) is 54.6 Å². The second-order valence-corrected chi connectivity index (χ2v) is 8.05. The first kappa shape index (κ1) is 21.8. The Labute approximate surface area is 193 Å². The van der Waals surface area contributed by atoms with Gasteiger partial charge in [-0.25, -0.2) is 9.78 Å². The fraction of sp³-hybridized carbons (Fsp3) is 0.160. The normalized spacial score (nSPS) is 13.3. The van der Waals surface area contributed by atoms with E-state index in [1.165, 1.54) is 0 Å². The minimum Gasteiger partial charge on any atom is -0.476 e. The van der Waals surface area contributed by atoms with Crippen LogP contribution in [0.4, 0.5) is 5.69 Å². The highest BCUT2D eigenvalue weighted by Gasteiger charge is 2.18. The molecule has 5 rings (SSSR count). The molecule has 4 aromatic rings. The summed E-state index contributed by atoms with van der Waals surface area (Å²) in [6, 6.07) is 21.3. The van der Waals surface area contributed by atoms with Crippen LogP contribution in [0.1, 0.15) is 16.1 Å². The number of aromatic carboxylic acids is 1. The van der Waals surface area contributed by atoms with Crippen LogP contribution in [0.3, 0.4) is 0 Å². The van der Waals surface area contributed by atoms with Crippen LogP contribution in [0, 0.1) is 11.3 Å². The van der Waals surface area contributed by atoms with Crippen molar-refractivity contribution in [3.63, 3.8) is 0 Å². The Bertz CT molecular complexity index is 1330. The van der Waals surface area contributed by atoms with E-state index in [0.717, 1.165) is 45.0 Å². The van der Waals surface area contributed by atoms with Gasteiger partial charge in [-0.3, -0.25) is 0 Å². The summed E-state index contributed by atoms with van der Waals surface area (Å²) in [5, 5.41) is 21.7. The molecule has 1 aromatic heterocycles. The van der Waals surface area contributed by atoms with Crippen molar-refractivity contribution in [2.75, 3.05) is 31.2 Å². The summed E-state index contributed by atoms with van der Waals surface area (Å²) in [6.07, 6.45) is 1.65. The summed E-state index contributed by atoms with van der Waals surface area (Å²) in [5.74, 6) is -0.996. The maximum Gasteiger partial charge on any atom is 0.355 e. The lowest BCUT2D eigenvalue weighted by molar-refractivity contribution is 0.0693. The standard InChI is InChI=1S/C14H14N2O3.C11H6BrN/c17-14(18)13-11-4-2-1-3-10(11)12(9-15-13)16-5-7-19-8-6-16;12-11-6-5-8(7-13)9-3-1-2-4-10(9)11/h1-4,9H,5-8H2,(H,17,18);1-6H. The Morgan fingerprint density at radius 2 is 1.59 bits per heavy atom. The number of hydrogen-bond donors (Lipinski definition) is 1. The van der Waals surface area contributed by atoms with Crippen molar-refractivity contribution in [3.05, 3.63) is 82.6 Å². The monoisotopic (exact) mass is 489 g/mol. The molecule has 0 bridgehead atoms. The van der Waals surface area contributed by atoms with Crippen LogP contribution in [-0.4, -0.2) is 42.4 Å². The van der Waals surface area contributed by atoms with Crippen LogP contribution in [0.15, 0.2) is 71.3 Å². The topological polar surface area (TPSA) is 86.5 Å². The van der Waals surface area contributed by atoms with Crippen LogP contribution in [0.25, 0.3) is 21.5 Å². The average molecular weight is 490 g/mol. The molecular formula is C25H20BrN3O3. The number of morpholine rings is 1. The van der Waals surface area contributed by atoms with Gasteiger partial charge in [-0.15, -0.1) is 0 Å². The first-order valence-corrected chi connectivity index (χ1v) is 10.9. The predicted molar refractivity (Wildman–Crippen MR) is 128 cm³/mol. The molecule has 0 spiro atoms. The van der Waals surface area contributed by atoms with Gasteiger partial charge in [0.2, 0.25) is 0 Å². The predicted octanol–water partition coefficient (Wildman–Crippen LogP) is 5.24. The molecule has 6 nitrogen and oxygen atoms in total. The van der Waals surface area contributed by atoms with Gasteiger partial charge in [-0.05, 0) is 17.5 Å². The maximum atomic E-state index is 11.2. The van der Waals surface area contributed by atoms with Gasteiger partial charge in [0.1, 0.15) is 0 Å². The average Bonchev–Trinajstić information content (AvgIpc) is 2.84. The number of aromatic nitrogens is 1. The fourth-order valence-corrected chi connectivity index (χ4v) is 4.24. The van der Waals surface area contributed by atoms with Crippen molar-refractivity contribution >= 4 is 49.1 Å². The highest BCUT2D eigenvalue weighted by Crippen LogP contribution is 2.28. The third kappa shape index (κ3) is 4.42. The van der Waals surface area contributed by atoms with E-state index in [0.29, 0.717) is 18.6 Å². The van der Waals surface area contributed by atoms with Gasteiger partial charge in [-0.1, -0.05) is 64.5 Å². The maximum absolute atomic E-state index is 11.2. The molecule has 32 heavy (non-hydrogen) atoms. The third-order valence-electron chi connectivity index (χ3n) is 5.32. The minimum atomic E-state index is -0.996. The van der Waals surface area contributed by atoms with Crippen molar-refractivity contribution in [1.29, 1.82) is 5.26 Å². The summed E-state index contributed by atoms with van der Waals surface area (Å²) < 4.78 is 6.37.